The summed E-state index contributed by atoms with van der Waals surface area (Å²) in [7, 11) is 0. The van der Waals surface area contributed by atoms with Crippen LogP contribution < -0.4 is 11.3 Å². The number of nitrogens with zero attached hydrogens (tertiary/aromatic N) is 2. The first-order valence-corrected chi connectivity index (χ1v) is 6.87. The van der Waals surface area contributed by atoms with Crippen LogP contribution in [0.1, 0.15) is 17.2 Å². The molecule has 19 heavy (non-hydrogen) atoms. The number of hydrazine groups is 1. The molecule has 3 heterocycles. The predicted octanol–water partition coefficient (Wildman–Crippen LogP) is 0.638. The third-order valence-electron chi connectivity index (χ3n) is 4.46. The molecule has 3 fully saturated rings. The number of fused-ring (bicyclic) bond motifs is 3. The second kappa shape index (κ2) is 5.17. The van der Waals surface area contributed by atoms with E-state index < -0.39 is 0 Å². The summed E-state index contributed by atoms with van der Waals surface area (Å²) in [6, 6.07) is 5.25. The van der Waals surface area contributed by atoms with Crippen LogP contribution >= 0.6 is 0 Å². The van der Waals surface area contributed by atoms with E-state index in [0.29, 0.717) is 6.04 Å². The third-order valence-corrected chi connectivity index (χ3v) is 4.46. The van der Waals surface area contributed by atoms with Crippen molar-refractivity contribution in [1.29, 1.82) is 0 Å². The Hall–Kier alpha value is -1.01. The molecule has 1 aromatic carbocycles. The highest BCUT2D eigenvalue weighted by molar-refractivity contribution is 5.31. The van der Waals surface area contributed by atoms with Gasteiger partial charge in [0, 0.05) is 38.8 Å². The Morgan fingerprint density at radius 1 is 1.32 bits per heavy atom. The molecule has 5 heteroatoms. The Balaban J connectivity index is 1.90. The van der Waals surface area contributed by atoms with Crippen molar-refractivity contribution < 1.29 is 4.39 Å². The van der Waals surface area contributed by atoms with Gasteiger partial charge < -0.3 is 0 Å². The van der Waals surface area contributed by atoms with Gasteiger partial charge in [0.1, 0.15) is 5.82 Å². The van der Waals surface area contributed by atoms with Crippen LogP contribution in [0.4, 0.5) is 4.39 Å². The van der Waals surface area contributed by atoms with Gasteiger partial charge in [-0.3, -0.25) is 21.1 Å². The number of rotatable bonds is 3. The lowest BCUT2D eigenvalue weighted by atomic mass is 9.91. The van der Waals surface area contributed by atoms with Gasteiger partial charge in [0.25, 0.3) is 0 Å². The maximum atomic E-state index is 13.5. The minimum atomic E-state index is -0.197. The maximum absolute atomic E-state index is 13.5. The maximum Gasteiger partial charge on any atom is 0.123 e. The Labute approximate surface area is 113 Å². The van der Waals surface area contributed by atoms with Crippen LogP contribution in [0.3, 0.4) is 0 Å². The highest BCUT2D eigenvalue weighted by atomic mass is 19.1. The first-order valence-electron chi connectivity index (χ1n) is 6.87. The average molecular weight is 264 g/mol. The monoisotopic (exact) mass is 264 g/mol. The molecule has 2 atom stereocenters. The molecule has 2 unspecified atom stereocenters. The second-order valence-electron chi connectivity index (χ2n) is 5.55. The van der Waals surface area contributed by atoms with Crippen molar-refractivity contribution in [2.24, 2.45) is 5.84 Å². The summed E-state index contributed by atoms with van der Waals surface area (Å²) in [6.07, 6.45) is 0. The molecule has 4 nitrogen and oxygen atoms in total. The van der Waals surface area contributed by atoms with Crippen LogP contribution in [0.25, 0.3) is 0 Å². The summed E-state index contributed by atoms with van der Waals surface area (Å²) in [6.45, 7) is 7.45. The molecule has 104 valence electrons. The summed E-state index contributed by atoms with van der Waals surface area (Å²) in [4.78, 5) is 4.93. The van der Waals surface area contributed by atoms with E-state index in [1.807, 2.05) is 13.0 Å². The number of halogens is 1. The van der Waals surface area contributed by atoms with Crippen molar-refractivity contribution in [2.75, 3.05) is 32.7 Å². The zero-order chi connectivity index (χ0) is 13.4. The quantitative estimate of drug-likeness (QED) is 0.621. The number of piperazine rings is 3. The fourth-order valence-corrected chi connectivity index (χ4v) is 3.33. The van der Waals surface area contributed by atoms with Crippen LogP contribution in [0.15, 0.2) is 18.2 Å². The Morgan fingerprint density at radius 3 is 2.63 bits per heavy atom. The second-order valence-corrected chi connectivity index (χ2v) is 5.55. The Morgan fingerprint density at radius 2 is 2.05 bits per heavy atom. The number of aryl methyl sites for hydroxylation is 1. The minimum absolute atomic E-state index is 0.0150. The molecule has 3 saturated heterocycles. The van der Waals surface area contributed by atoms with E-state index in [0.717, 1.165) is 43.9 Å². The van der Waals surface area contributed by atoms with Gasteiger partial charge in [-0.25, -0.2) is 4.39 Å². The molecule has 0 spiro atoms. The van der Waals surface area contributed by atoms with Gasteiger partial charge in [-0.2, -0.15) is 0 Å². The normalized spacial score (nSPS) is 31.4. The summed E-state index contributed by atoms with van der Waals surface area (Å²) in [5.41, 5.74) is 4.96. The van der Waals surface area contributed by atoms with Crippen molar-refractivity contribution in [3.63, 3.8) is 0 Å². The van der Waals surface area contributed by atoms with Crippen molar-refractivity contribution in [1.82, 2.24) is 15.2 Å². The van der Waals surface area contributed by atoms with Crippen molar-refractivity contribution in [3.8, 4) is 0 Å². The van der Waals surface area contributed by atoms with Crippen molar-refractivity contribution in [3.05, 3.63) is 35.1 Å². The molecule has 0 aliphatic carbocycles. The van der Waals surface area contributed by atoms with E-state index in [9.17, 15) is 4.39 Å². The lowest BCUT2D eigenvalue weighted by molar-refractivity contribution is -0.00382. The molecule has 1 aromatic rings. The molecule has 3 aliphatic heterocycles. The smallest absolute Gasteiger partial charge is 0.123 e. The minimum Gasteiger partial charge on any atom is -0.299 e. The molecular formula is C14H21FN4. The van der Waals surface area contributed by atoms with Gasteiger partial charge in [0.05, 0.1) is 6.04 Å². The topological polar surface area (TPSA) is 44.5 Å². The first-order chi connectivity index (χ1) is 9.19. The number of nitrogens with one attached hydrogen (secondary N) is 1. The fourth-order valence-electron chi connectivity index (χ4n) is 3.33. The predicted molar refractivity (Wildman–Crippen MR) is 73.0 cm³/mol. The van der Waals surface area contributed by atoms with Crippen molar-refractivity contribution in [2.45, 2.75) is 19.0 Å². The first kappa shape index (κ1) is 13.0. The van der Waals surface area contributed by atoms with E-state index in [1.165, 1.54) is 6.07 Å². The third kappa shape index (κ3) is 2.39. The molecule has 3 N–H and O–H groups in total. The van der Waals surface area contributed by atoms with Crippen LogP contribution in [0.2, 0.25) is 0 Å². The molecule has 2 bridgehead atoms. The molecule has 0 saturated carbocycles. The van der Waals surface area contributed by atoms with E-state index >= 15 is 0 Å². The van der Waals surface area contributed by atoms with Gasteiger partial charge >= 0.3 is 0 Å². The summed E-state index contributed by atoms with van der Waals surface area (Å²) < 4.78 is 13.5. The van der Waals surface area contributed by atoms with Crippen LogP contribution in [0, 0.1) is 12.7 Å². The van der Waals surface area contributed by atoms with Gasteiger partial charge in [-0.15, -0.1) is 0 Å². The van der Waals surface area contributed by atoms with Crippen molar-refractivity contribution >= 4 is 0 Å². The van der Waals surface area contributed by atoms with E-state index in [-0.39, 0.29) is 11.9 Å². The number of hydrogen-bond donors (Lipinski definition) is 2. The van der Waals surface area contributed by atoms with Gasteiger partial charge in [0.15, 0.2) is 0 Å². The Bertz CT molecular complexity index is 457. The zero-order valence-corrected chi connectivity index (χ0v) is 11.3. The molecule has 0 amide bonds. The fraction of sp³-hybridized carbons (Fsp3) is 0.571. The van der Waals surface area contributed by atoms with Crippen LogP contribution in [-0.2, 0) is 0 Å². The largest absolute Gasteiger partial charge is 0.299 e. The van der Waals surface area contributed by atoms with Gasteiger partial charge in [-0.1, -0.05) is 6.07 Å². The van der Waals surface area contributed by atoms with Crippen LogP contribution in [-0.4, -0.2) is 48.6 Å². The average Bonchev–Trinajstić information content (AvgIpc) is 2.45. The standard InChI is InChI=1S/C14H21FN4/c1-10-2-3-11(15)8-12(10)14(17-16)13-9-18-4-6-19(13)7-5-18/h2-3,8,13-14,17H,4-7,9,16H2,1H3. The molecule has 3 aliphatic rings. The van der Waals surface area contributed by atoms with Gasteiger partial charge in [-0.05, 0) is 30.2 Å². The van der Waals surface area contributed by atoms with Gasteiger partial charge in [0.2, 0.25) is 0 Å². The molecule has 0 aromatic heterocycles. The highest BCUT2D eigenvalue weighted by Gasteiger charge is 2.37. The number of nitrogens with two attached hydrogens (primary N) is 1. The molecular weight excluding hydrogens is 243 g/mol. The van der Waals surface area contributed by atoms with Crippen LogP contribution in [0.5, 0.6) is 0 Å². The summed E-state index contributed by atoms with van der Waals surface area (Å²) in [5.74, 6) is 5.57. The SMILES string of the molecule is Cc1ccc(F)cc1C(NN)C1CN2CCN1CC2. The molecule has 4 rings (SSSR count). The number of hydrogen-bond acceptors (Lipinski definition) is 4. The van der Waals surface area contributed by atoms with E-state index in [4.69, 9.17) is 5.84 Å². The summed E-state index contributed by atoms with van der Waals surface area (Å²) in [5, 5.41) is 0. The zero-order valence-electron chi connectivity index (χ0n) is 11.3. The number of benzene rings is 1. The lowest BCUT2D eigenvalue weighted by Crippen LogP contribution is -2.64. The van der Waals surface area contributed by atoms with E-state index in [1.54, 1.807) is 6.07 Å². The van der Waals surface area contributed by atoms with E-state index in [2.05, 4.69) is 15.2 Å². The Kier molecular flexibility index (Phi) is 3.54. The molecule has 0 radical (unpaired) electrons. The summed E-state index contributed by atoms with van der Waals surface area (Å²) >= 11 is 0. The lowest BCUT2D eigenvalue weighted by Gasteiger charge is -2.50. The highest BCUT2D eigenvalue weighted by Crippen LogP contribution is 2.28.